The summed E-state index contributed by atoms with van der Waals surface area (Å²) in [5, 5.41) is 3.45. The highest BCUT2D eigenvalue weighted by atomic mass is 16.2. The number of aromatic nitrogens is 2. The van der Waals surface area contributed by atoms with Crippen molar-refractivity contribution in [3.8, 4) is 11.4 Å². The summed E-state index contributed by atoms with van der Waals surface area (Å²) in [7, 11) is 0. The Balaban J connectivity index is 1.76. The van der Waals surface area contributed by atoms with E-state index in [-0.39, 0.29) is 5.91 Å². The maximum Gasteiger partial charge on any atom is 0.242 e. The number of nitrogens with zero attached hydrogens (tertiary/aromatic N) is 4. The van der Waals surface area contributed by atoms with Gasteiger partial charge in [-0.3, -0.25) is 4.79 Å². The number of carbonyl (C=O) groups is 1. The Hall–Kier alpha value is -2.47. The highest BCUT2D eigenvalue weighted by molar-refractivity contribution is 5.83. The first-order valence-electron chi connectivity index (χ1n) is 9.45. The largest absolute Gasteiger partial charge is 0.345 e. The summed E-state index contributed by atoms with van der Waals surface area (Å²) < 4.78 is 0. The van der Waals surface area contributed by atoms with Crippen LogP contribution in [0.5, 0.6) is 0 Å². The Labute approximate surface area is 154 Å². The molecule has 0 bridgehead atoms. The number of carbonyl (C=O) groups excluding carboxylic acids is 1. The number of fused-ring (bicyclic) bond motifs is 1. The van der Waals surface area contributed by atoms with Crippen molar-refractivity contribution in [1.82, 2.24) is 20.2 Å². The van der Waals surface area contributed by atoms with E-state index >= 15 is 0 Å². The molecule has 1 fully saturated rings. The fourth-order valence-corrected chi connectivity index (χ4v) is 3.73. The molecular weight excluding hydrogens is 326 g/mol. The van der Waals surface area contributed by atoms with Gasteiger partial charge < -0.3 is 15.1 Å². The number of nitrogens with one attached hydrogen (secondary N) is 1. The zero-order chi connectivity index (χ0) is 17.9. The van der Waals surface area contributed by atoms with E-state index in [1.807, 2.05) is 42.2 Å². The molecule has 0 unspecified atom stereocenters. The second-order valence-corrected chi connectivity index (χ2v) is 6.81. The van der Waals surface area contributed by atoms with Gasteiger partial charge in [0.2, 0.25) is 5.91 Å². The van der Waals surface area contributed by atoms with Crippen LogP contribution in [0.1, 0.15) is 18.2 Å². The standard InChI is InChI=1S/C20H25N5O/c1-2-24-12-13-25(14-18(24)26)20-16-8-10-21-11-9-17(16)22-19(23-20)15-6-4-3-5-7-15/h3-7,21H,2,8-14H2,1H3. The molecule has 0 spiro atoms. The van der Waals surface area contributed by atoms with E-state index in [0.717, 1.165) is 68.5 Å². The number of piperazine rings is 1. The number of hydrogen-bond donors (Lipinski definition) is 1. The molecule has 2 aromatic rings. The Bertz CT molecular complexity index is 792. The minimum atomic E-state index is 0.180. The summed E-state index contributed by atoms with van der Waals surface area (Å²) >= 11 is 0. The van der Waals surface area contributed by atoms with E-state index in [0.29, 0.717) is 6.54 Å². The summed E-state index contributed by atoms with van der Waals surface area (Å²) in [6.45, 7) is 6.64. The monoisotopic (exact) mass is 351 g/mol. The van der Waals surface area contributed by atoms with Crippen molar-refractivity contribution < 1.29 is 4.79 Å². The summed E-state index contributed by atoms with van der Waals surface area (Å²) in [4.78, 5) is 26.3. The van der Waals surface area contributed by atoms with Gasteiger partial charge in [0, 0.05) is 43.7 Å². The first kappa shape index (κ1) is 17.0. The van der Waals surface area contributed by atoms with Crippen molar-refractivity contribution in [3.05, 3.63) is 41.6 Å². The van der Waals surface area contributed by atoms with E-state index in [1.54, 1.807) is 0 Å². The maximum atomic E-state index is 12.4. The van der Waals surface area contributed by atoms with Crippen molar-refractivity contribution >= 4 is 11.7 Å². The molecule has 3 heterocycles. The fraction of sp³-hybridized carbons (Fsp3) is 0.450. The predicted octanol–water partition coefficient (Wildman–Crippen LogP) is 1.50. The average molecular weight is 351 g/mol. The van der Waals surface area contributed by atoms with Gasteiger partial charge in [-0.1, -0.05) is 30.3 Å². The topological polar surface area (TPSA) is 61.4 Å². The van der Waals surface area contributed by atoms with Gasteiger partial charge in [-0.2, -0.15) is 0 Å². The summed E-state index contributed by atoms with van der Waals surface area (Å²) in [5.74, 6) is 1.88. The minimum Gasteiger partial charge on any atom is -0.345 e. The zero-order valence-corrected chi connectivity index (χ0v) is 15.2. The van der Waals surface area contributed by atoms with Gasteiger partial charge in [0.1, 0.15) is 5.82 Å². The van der Waals surface area contributed by atoms with Gasteiger partial charge >= 0.3 is 0 Å². The predicted molar refractivity (Wildman–Crippen MR) is 102 cm³/mol. The molecule has 1 aromatic heterocycles. The molecule has 1 saturated heterocycles. The van der Waals surface area contributed by atoms with Crippen molar-refractivity contribution in [3.63, 3.8) is 0 Å². The Morgan fingerprint density at radius 2 is 1.88 bits per heavy atom. The smallest absolute Gasteiger partial charge is 0.242 e. The van der Waals surface area contributed by atoms with Crippen LogP contribution in [0.2, 0.25) is 0 Å². The quantitative estimate of drug-likeness (QED) is 0.908. The third kappa shape index (κ3) is 3.29. The molecule has 1 aromatic carbocycles. The van der Waals surface area contributed by atoms with Gasteiger partial charge in [0.15, 0.2) is 5.82 Å². The van der Waals surface area contributed by atoms with E-state index in [2.05, 4.69) is 10.2 Å². The fourth-order valence-electron chi connectivity index (χ4n) is 3.73. The van der Waals surface area contributed by atoms with Crippen molar-refractivity contribution in [2.45, 2.75) is 19.8 Å². The molecule has 6 heteroatoms. The molecule has 26 heavy (non-hydrogen) atoms. The lowest BCUT2D eigenvalue weighted by atomic mass is 10.1. The van der Waals surface area contributed by atoms with Crippen LogP contribution in [0.25, 0.3) is 11.4 Å². The number of likely N-dealkylation sites (N-methyl/N-ethyl adjacent to an activating group) is 1. The summed E-state index contributed by atoms with van der Waals surface area (Å²) in [6, 6.07) is 10.1. The molecule has 0 radical (unpaired) electrons. The van der Waals surface area contributed by atoms with Crippen LogP contribution in [-0.2, 0) is 17.6 Å². The second kappa shape index (κ2) is 7.41. The second-order valence-electron chi connectivity index (χ2n) is 6.81. The number of anilines is 1. The molecule has 1 N–H and O–H groups in total. The van der Waals surface area contributed by atoms with Gasteiger partial charge in [0.25, 0.3) is 0 Å². The molecule has 0 aliphatic carbocycles. The molecule has 2 aliphatic rings. The van der Waals surface area contributed by atoms with E-state index < -0.39 is 0 Å². The molecule has 6 nitrogen and oxygen atoms in total. The van der Waals surface area contributed by atoms with E-state index in [4.69, 9.17) is 9.97 Å². The number of rotatable bonds is 3. The first-order valence-corrected chi connectivity index (χ1v) is 9.45. The van der Waals surface area contributed by atoms with Gasteiger partial charge in [-0.05, 0) is 19.9 Å². The summed E-state index contributed by atoms with van der Waals surface area (Å²) in [5.41, 5.74) is 3.34. The van der Waals surface area contributed by atoms with Gasteiger partial charge in [0.05, 0.1) is 12.2 Å². The first-order chi connectivity index (χ1) is 12.8. The molecular formula is C20H25N5O. The van der Waals surface area contributed by atoms with E-state index in [9.17, 15) is 4.79 Å². The minimum absolute atomic E-state index is 0.180. The van der Waals surface area contributed by atoms with Crippen molar-refractivity contribution in [2.24, 2.45) is 0 Å². The molecule has 4 rings (SSSR count). The van der Waals surface area contributed by atoms with Crippen molar-refractivity contribution in [2.75, 3.05) is 44.2 Å². The lowest BCUT2D eigenvalue weighted by Gasteiger charge is -2.35. The van der Waals surface area contributed by atoms with Gasteiger partial charge in [-0.15, -0.1) is 0 Å². The van der Waals surface area contributed by atoms with Crippen LogP contribution >= 0.6 is 0 Å². The lowest BCUT2D eigenvalue weighted by molar-refractivity contribution is -0.130. The Kier molecular flexibility index (Phi) is 4.84. The van der Waals surface area contributed by atoms with Crippen LogP contribution in [0, 0.1) is 0 Å². The third-order valence-electron chi connectivity index (χ3n) is 5.19. The zero-order valence-electron chi connectivity index (χ0n) is 15.2. The number of amides is 1. The summed E-state index contributed by atoms with van der Waals surface area (Å²) in [6.07, 6.45) is 1.80. The molecule has 0 saturated carbocycles. The van der Waals surface area contributed by atoms with Crippen LogP contribution in [-0.4, -0.2) is 60.0 Å². The normalized spacial score (nSPS) is 17.8. The van der Waals surface area contributed by atoms with E-state index in [1.165, 1.54) is 5.56 Å². The SMILES string of the molecule is CCN1CCN(c2nc(-c3ccccc3)nc3c2CCNCC3)CC1=O. The molecule has 1 amide bonds. The molecule has 136 valence electrons. The highest BCUT2D eigenvalue weighted by Gasteiger charge is 2.27. The van der Waals surface area contributed by atoms with Crippen LogP contribution < -0.4 is 10.2 Å². The molecule has 2 aliphatic heterocycles. The molecule has 0 atom stereocenters. The Morgan fingerprint density at radius 3 is 2.65 bits per heavy atom. The lowest BCUT2D eigenvalue weighted by Crippen LogP contribution is -2.50. The maximum absolute atomic E-state index is 12.4. The average Bonchev–Trinajstić information content (AvgIpc) is 2.93. The third-order valence-corrected chi connectivity index (χ3v) is 5.19. The van der Waals surface area contributed by atoms with Gasteiger partial charge in [-0.25, -0.2) is 9.97 Å². The van der Waals surface area contributed by atoms with Crippen LogP contribution in [0.15, 0.2) is 30.3 Å². The number of benzene rings is 1. The van der Waals surface area contributed by atoms with Crippen molar-refractivity contribution in [1.29, 1.82) is 0 Å². The Morgan fingerprint density at radius 1 is 1.08 bits per heavy atom. The highest BCUT2D eigenvalue weighted by Crippen LogP contribution is 2.28. The van der Waals surface area contributed by atoms with Crippen LogP contribution in [0.4, 0.5) is 5.82 Å². The van der Waals surface area contributed by atoms with Crippen LogP contribution in [0.3, 0.4) is 0 Å². The number of hydrogen-bond acceptors (Lipinski definition) is 5.